The van der Waals surface area contributed by atoms with Crippen molar-refractivity contribution in [3.8, 4) is 0 Å². The standard InChI is InChI=1S/C21H24BNO7/c1-13-17(10-9-16-12-30-22(27)18(13)16)19(24)23-21(26,20(25)28-3)14(2)29-11-15-7-5-4-6-8-15/h4-10,14,26-27H,11-12H2,1-3H3,(H,23,24)/t14-,21+/m1/s1. The van der Waals surface area contributed by atoms with E-state index in [2.05, 4.69) is 5.32 Å². The molecule has 8 nitrogen and oxygen atoms in total. The van der Waals surface area contributed by atoms with Crippen LogP contribution in [0.4, 0.5) is 0 Å². The molecule has 158 valence electrons. The zero-order valence-corrected chi connectivity index (χ0v) is 17.0. The average molecular weight is 413 g/mol. The van der Waals surface area contributed by atoms with Crippen molar-refractivity contribution in [3.05, 3.63) is 64.7 Å². The second-order valence-corrected chi connectivity index (χ2v) is 7.13. The van der Waals surface area contributed by atoms with Gasteiger partial charge in [-0.3, -0.25) is 4.79 Å². The van der Waals surface area contributed by atoms with E-state index >= 15 is 0 Å². The Labute approximate surface area is 174 Å². The number of hydrogen-bond donors (Lipinski definition) is 3. The zero-order valence-electron chi connectivity index (χ0n) is 17.0. The van der Waals surface area contributed by atoms with Crippen molar-refractivity contribution in [1.82, 2.24) is 5.32 Å². The largest absolute Gasteiger partial charge is 0.492 e. The van der Waals surface area contributed by atoms with Gasteiger partial charge in [0.2, 0.25) is 0 Å². The van der Waals surface area contributed by atoms with Crippen molar-refractivity contribution in [1.29, 1.82) is 0 Å². The Morgan fingerprint density at radius 2 is 1.97 bits per heavy atom. The fraction of sp³-hybridized carbons (Fsp3) is 0.333. The second kappa shape index (κ2) is 8.97. The summed E-state index contributed by atoms with van der Waals surface area (Å²) in [7, 11) is -0.0158. The summed E-state index contributed by atoms with van der Waals surface area (Å²) in [6.07, 6.45) is -1.11. The lowest BCUT2D eigenvalue weighted by Gasteiger charge is -2.32. The summed E-state index contributed by atoms with van der Waals surface area (Å²) in [6.45, 7) is 3.50. The molecule has 2 aromatic rings. The van der Waals surface area contributed by atoms with Gasteiger partial charge in [-0.25, -0.2) is 4.79 Å². The molecule has 1 aliphatic heterocycles. The number of nitrogens with one attached hydrogen (secondary N) is 1. The van der Waals surface area contributed by atoms with Gasteiger partial charge in [0, 0.05) is 5.56 Å². The Balaban J connectivity index is 1.81. The van der Waals surface area contributed by atoms with E-state index in [-0.39, 0.29) is 18.8 Å². The Hall–Kier alpha value is -2.72. The number of carbonyl (C=O) groups is 2. The highest BCUT2D eigenvalue weighted by molar-refractivity contribution is 6.62. The van der Waals surface area contributed by atoms with Gasteiger partial charge in [0.05, 0.1) is 20.3 Å². The number of hydrogen-bond acceptors (Lipinski definition) is 7. The molecule has 3 N–H and O–H groups in total. The van der Waals surface area contributed by atoms with Crippen LogP contribution in [0.3, 0.4) is 0 Å². The summed E-state index contributed by atoms with van der Waals surface area (Å²) in [5.74, 6) is -1.77. The SMILES string of the molecule is COC(=O)[C@](O)(NC(=O)c1ccc2c(c1C)B(O)OC2)[C@@H](C)OCc1ccccc1. The Morgan fingerprint density at radius 1 is 1.27 bits per heavy atom. The zero-order chi connectivity index (χ0) is 21.9. The van der Waals surface area contributed by atoms with Crippen LogP contribution in [0.1, 0.15) is 34.0 Å². The smallest absolute Gasteiger partial charge is 0.465 e. The number of benzene rings is 2. The average Bonchev–Trinajstić information content (AvgIpc) is 3.13. The van der Waals surface area contributed by atoms with Crippen LogP contribution in [0, 0.1) is 6.92 Å². The van der Waals surface area contributed by atoms with Gasteiger partial charge in [-0.15, -0.1) is 0 Å². The van der Waals surface area contributed by atoms with Crippen LogP contribution in [0.2, 0.25) is 0 Å². The van der Waals surface area contributed by atoms with Crippen LogP contribution >= 0.6 is 0 Å². The van der Waals surface area contributed by atoms with E-state index in [1.54, 1.807) is 19.1 Å². The van der Waals surface area contributed by atoms with Gasteiger partial charge in [-0.05, 0) is 42.1 Å². The second-order valence-electron chi connectivity index (χ2n) is 7.13. The fourth-order valence-electron chi connectivity index (χ4n) is 3.38. The van der Waals surface area contributed by atoms with Crippen molar-refractivity contribution >= 4 is 24.5 Å². The molecule has 0 unspecified atom stereocenters. The fourth-order valence-corrected chi connectivity index (χ4v) is 3.38. The molecule has 1 aliphatic rings. The van der Waals surface area contributed by atoms with E-state index in [9.17, 15) is 19.7 Å². The highest BCUT2D eigenvalue weighted by atomic mass is 16.6. The molecule has 2 aromatic carbocycles. The summed E-state index contributed by atoms with van der Waals surface area (Å²) in [5, 5.41) is 23.3. The third kappa shape index (κ3) is 4.24. The minimum absolute atomic E-state index is 0.124. The van der Waals surface area contributed by atoms with Crippen molar-refractivity contribution < 1.29 is 33.8 Å². The molecule has 2 atom stereocenters. The number of ether oxygens (including phenoxy) is 2. The highest BCUT2D eigenvalue weighted by Crippen LogP contribution is 2.20. The maximum Gasteiger partial charge on any atom is 0.492 e. The quantitative estimate of drug-likeness (QED) is 0.342. The first kappa shape index (κ1) is 22.0. The molecular formula is C21H24BNO7. The number of fused-ring (bicyclic) bond motifs is 1. The molecule has 0 saturated heterocycles. The van der Waals surface area contributed by atoms with E-state index in [4.69, 9.17) is 14.1 Å². The van der Waals surface area contributed by atoms with Gasteiger partial charge >= 0.3 is 13.1 Å². The van der Waals surface area contributed by atoms with Crippen LogP contribution in [-0.2, 0) is 32.1 Å². The molecule has 1 heterocycles. The van der Waals surface area contributed by atoms with E-state index in [1.165, 1.54) is 6.92 Å². The Kier molecular flexibility index (Phi) is 6.57. The Morgan fingerprint density at radius 3 is 2.63 bits per heavy atom. The first-order valence-electron chi connectivity index (χ1n) is 9.48. The van der Waals surface area contributed by atoms with Gasteiger partial charge in [-0.1, -0.05) is 36.4 Å². The van der Waals surface area contributed by atoms with Crippen molar-refractivity contribution in [2.24, 2.45) is 0 Å². The summed E-state index contributed by atoms with van der Waals surface area (Å²) in [6, 6.07) is 12.4. The predicted molar refractivity (Wildman–Crippen MR) is 109 cm³/mol. The molecule has 3 rings (SSSR count). The van der Waals surface area contributed by atoms with E-state index in [0.29, 0.717) is 11.0 Å². The summed E-state index contributed by atoms with van der Waals surface area (Å²) >= 11 is 0. The summed E-state index contributed by atoms with van der Waals surface area (Å²) < 4.78 is 15.5. The number of carbonyl (C=O) groups excluding carboxylic acids is 2. The Bertz CT molecular complexity index is 936. The molecule has 0 aromatic heterocycles. The van der Waals surface area contributed by atoms with E-state index in [0.717, 1.165) is 18.2 Å². The number of aliphatic hydroxyl groups is 1. The summed E-state index contributed by atoms with van der Waals surface area (Å²) in [4.78, 5) is 25.3. The molecule has 0 aliphatic carbocycles. The lowest BCUT2D eigenvalue weighted by molar-refractivity contribution is -0.184. The first-order valence-corrected chi connectivity index (χ1v) is 9.48. The molecule has 0 saturated carbocycles. The van der Waals surface area contributed by atoms with Crippen LogP contribution in [-0.4, -0.2) is 48.1 Å². The third-order valence-electron chi connectivity index (χ3n) is 5.23. The summed E-state index contributed by atoms with van der Waals surface area (Å²) in [5.41, 5.74) is 0.403. The van der Waals surface area contributed by atoms with E-state index in [1.807, 2.05) is 30.3 Å². The minimum Gasteiger partial charge on any atom is -0.465 e. The molecule has 0 fully saturated rings. The molecule has 30 heavy (non-hydrogen) atoms. The van der Waals surface area contributed by atoms with Gasteiger partial charge in [0.25, 0.3) is 11.6 Å². The molecule has 0 bridgehead atoms. The lowest BCUT2D eigenvalue weighted by Crippen LogP contribution is -2.62. The molecule has 9 heteroatoms. The van der Waals surface area contributed by atoms with Gasteiger partial charge < -0.3 is 29.6 Å². The lowest BCUT2D eigenvalue weighted by atomic mass is 9.75. The molecule has 0 radical (unpaired) electrons. The molecular weight excluding hydrogens is 389 g/mol. The van der Waals surface area contributed by atoms with Crippen LogP contribution in [0.25, 0.3) is 0 Å². The van der Waals surface area contributed by atoms with Crippen molar-refractivity contribution in [2.45, 2.75) is 38.9 Å². The van der Waals surface area contributed by atoms with Crippen LogP contribution in [0.15, 0.2) is 42.5 Å². The number of methoxy groups -OCH3 is 1. The first-order chi connectivity index (χ1) is 14.3. The molecule has 0 spiro atoms. The van der Waals surface area contributed by atoms with Crippen LogP contribution in [0.5, 0.6) is 0 Å². The monoisotopic (exact) mass is 413 g/mol. The van der Waals surface area contributed by atoms with Crippen molar-refractivity contribution in [3.63, 3.8) is 0 Å². The number of esters is 1. The maximum atomic E-state index is 12.9. The predicted octanol–water partition coefficient (Wildman–Crippen LogP) is 0.409. The number of amides is 1. The van der Waals surface area contributed by atoms with Gasteiger partial charge in [-0.2, -0.15) is 0 Å². The van der Waals surface area contributed by atoms with Gasteiger partial charge in [0.1, 0.15) is 6.10 Å². The number of rotatable bonds is 7. The normalized spacial score (nSPS) is 15.8. The topological polar surface area (TPSA) is 114 Å². The van der Waals surface area contributed by atoms with E-state index < -0.39 is 30.8 Å². The highest BCUT2D eigenvalue weighted by Gasteiger charge is 2.46. The van der Waals surface area contributed by atoms with Gasteiger partial charge in [0.15, 0.2) is 0 Å². The van der Waals surface area contributed by atoms with Crippen molar-refractivity contribution in [2.75, 3.05) is 7.11 Å². The third-order valence-corrected chi connectivity index (χ3v) is 5.23. The maximum absolute atomic E-state index is 12.9. The van der Waals surface area contributed by atoms with Crippen LogP contribution < -0.4 is 10.8 Å². The minimum atomic E-state index is -2.42. The molecule has 1 amide bonds.